The van der Waals surface area contributed by atoms with Gasteiger partial charge in [0.05, 0.1) is 0 Å². The van der Waals surface area contributed by atoms with Crippen molar-refractivity contribution in [3.63, 3.8) is 0 Å². The number of allylic oxidation sites excluding steroid dienone is 3. The lowest BCUT2D eigenvalue weighted by Crippen LogP contribution is -2.02. The number of benzene rings is 1. The van der Waals surface area contributed by atoms with Crippen LogP contribution in [0.4, 0.5) is 0 Å². The summed E-state index contributed by atoms with van der Waals surface area (Å²) in [4.78, 5) is 2.60. The lowest BCUT2D eigenvalue weighted by Gasteiger charge is -2.17. The van der Waals surface area contributed by atoms with E-state index in [-0.39, 0.29) is 0 Å². The van der Waals surface area contributed by atoms with E-state index >= 15 is 0 Å². The zero-order chi connectivity index (χ0) is 11.9. The zero-order valence-electron chi connectivity index (χ0n) is 10.3. The fraction of sp³-hybridized carbons (Fsp3) is 0.375. The SMILES string of the molecule is C=C(CCC1CC=CCC1)Sc1ccccc1. The van der Waals surface area contributed by atoms with E-state index in [4.69, 9.17) is 0 Å². The summed E-state index contributed by atoms with van der Waals surface area (Å²) in [6.45, 7) is 4.18. The van der Waals surface area contributed by atoms with Crippen molar-refractivity contribution in [3.8, 4) is 0 Å². The van der Waals surface area contributed by atoms with Gasteiger partial charge in [0.15, 0.2) is 0 Å². The third-order valence-electron chi connectivity index (χ3n) is 3.21. The van der Waals surface area contributed by atoms with Crippen molar-refractivity contribution < 1.29 is 0 Å². The molecule has 2 rings (SSSR count). The molecular formula is C16H20S. The molecule has 1 aromatic carbocycles. The minimum absolute atomic E-state index is 0.883. The fourth-order valence-corrected chi connectivity index (χ4v) is 3.04. The molecule has 90 valence electrons. The van der Waals surface area contributed by atoms with Crippen molar-refractivity contribution in [1.29, 1.82) is 0 Å². The van der Waals surface area contributed by atoms with Gasteiger partial charge in [0, 0.05) is 4.90 Å². The molecule has 0 saturated heterocycles. The van der Waals surface area contributed by atoms with Crippen molar-refractivity contribution in [1.82, 2.24) is 0 Å². The Balaban J connectivity index is 1.72. The molecule has 0 aliphatic heterocycles. The van der Waals surface area contributed by atoms with Crippen LogP contribution in [0, 0.1) is 5.92 Å². The lowest BCUT2D eigenvalue weighted by atomic mass is 9.90. The van der Waals surface area contributed by atoms with E-state index in [2.05, 4.69) is 49.1 Å². The number of rotatable bonds is 5. The summed E-state index contributed by atoms with van der Waals surface area (Å²) in [5.41, 5.74) is 0. The molecule has 0 radical (unpaired) electrons. The highest BCUT2D eigenvalue weighted by atomic mass is 32.2. The number of thioether (sulfide) groups is 1. The Hall–Kier alpha value is -0.950. The minimum atomic E-state index is 0.883. The molecule has 0 bridgehead atoms. The first-order valence-corrected chi connectivity index (χ1v) is 7.22. The van der Waals surface area contributed by atoms with Gasteiger partial charge < -0.3 is 0 Å². The maximum Gasteiger partial charge on any atom is 0.0118 e. The second-order valence-corrected chi connectivity index (χ2v) is 5.90. The molecule has 0 N–H and O–H groups in total. The summed E-state index contributed by atoms with van der Waals surface area (Å²) in [7, 11) is 0. The standard InChI is InChI=1S/C16H20S/c1-14(17-16-10-6-3-7-11-16)12-13-15-8-4-2-5-9-15/h2-4,6-7,10-11,15H,1,5,8-9,12-13H2. The van der Waals surface area contributed by atoms with Crippen molar-refractivity contribution in [2.24, 2.45) is 5.92 Å². The Morgan fingerprint density at radius 2 is 2.06 bits per heavy atom. The van der Waals surface area contributed by atoms with Crippen LogP contribution in [0.3, 0.4) is 0 Å². The molecule has 1 aromatic rings. The van der Waals surface area contributed by atoms with Gasteiger partial charge in [-0.15, -0.1) is 0 Å². The molecule has 1 atom stereocenters. The van der Waals surface area contributed by atoms with Crippen LogP contribution in [0.25, 0.3) is 0 Å². The van der Waals surface area contributed by atoms with E-state index in [1.807, 2.05) is 11.8 Å². The molecule has 0 aromatic heterocycles. The second-order valence-electron chi connectivity index (χ2n) is 4.64. The van der Waals surface area contributed by atoms with Crippen molar-refractivity contribution in [2.45, 2.75) is 37.0 Å². The summed E-state index contributed by atoms with van der Waals surface area (Å²) in [6.07, 6.45) is 11.0. The third kappa shape index (κ3) is 4.43. The third-order valence-corrected chi connectivity index (χ3v) is 4.22. The van der Waals surface area contributed by atoms with E-state index in [1.54, 1.807) is 0 Å². The summed E-state index contributed by atoms with van der Waals surface area (Å²) < 4.78 is 0. The first kappa shape index (κ1) is 12.5. The number of hydrogen-bond acceptors (Lipinski definition) is 1. The lowest BCUT2D eigenvalue weighted by molar-refractivity contribution is 0.448. The van der Waals surface area contributed by atoms with Crippen LogP contribution >= 0.6 is 11.8 Å². The highest BCUT2D eigenvalue weighted by Gasteiger charge is 2.10. The summed E-state index contributed by atoms with van der Waals surface area (Å²) in [5.74, 6) is 0.883. The van der Waals surface area contributed by atoms with Gasteiger partial charge in [-0.05, 0) is 55.1 Å². The van der Waals surface area contributed by atoms with Gasteiger partial charge >= 0.3 is 0 Å². The van der Waals surface area contributed by atoms with Crippen LogP contribution in [0.1, 0.15) is 32.1 Å². The zero-order valence-corrected chi connectivity index (χ0v) is 11.1. The highest BCUT2D eigenvalue weighted by Crippen LogP contribution is 2.31. The minimum Gasteiger partial charge on any atom is -0.0952 e. The van der Waals surface area contributed by atoms with Crippen LogP contribution in [-0.2, 0) is 0 Å². The predicted octanol–water partition coefficient (Wildman–Crippen LogP) is 5.43. The molecule has 0 saturated carbocycles. The first-order valence-electron chi connectivity index (χ1n) is 6.40. The van der Waals surface area contributed by atoms with E-state index < -0.39 is 0 Å². The monoisotopic (exact) mass is 244 g/mol. The Morgan fingerprint density at radius 3 is 2.76 bits per heavy atom. The maximum atomic E-state index is 4.18. The van der Waals surface area contributed by atoms with Crippen molar-refractivity contribution in [2.75, 3.05) is 0 Å². The normalized spacial score (nSPS) is 19.2. The van der Waals surface area contributed by atoms with Crippen LogP contribution in [-0.4, -0.2) is 0 Å². The predicted molar refractivity (Wildman–Crippen MR) is 77.2 cm³/mol. The van der Waals surface area contributed by atoms with Gasteiger partial charge in [0.1, 0.15) is 0 Å². The summed E-state index contributed by atoms with van der Waals surface area (Å²) >= 11 is 1.82. The molecule has 0 amide bonds. The molecule has 0 fully saturated rings. The van der Waals surface area contributed by atoms with Crippen LogP contribution in [0.5, 0.6) is 0 Å². The Morgan fingerprint density at radius 1 is 1.24 bits per heavy atom. The van der Waals surface area contributed by atoms with Gasteiger partial charge in [-0.25, -0.2) is 0 Å². The molecule has 17 heavy (non-hydrogen) atoms. The smallest absolute Gasteiger partial charge is 0.0118 e. The van der Waals surface area contributed by atoms with E-state index in [1.165, 1.54) is 35.5 Å². The summed E-state index contributed by atoms with van der Waals surface area (Å²) in [6, 6.07) is 10.5. The molecule has 0 heterocycles. The average Bonchev–Trinajstić information content (AvgIpc) is 2.39. The fourth-order valence-electron chi connectivity index (χ4n) is 2.19. The van der Waals surface area contributed by atoms with Gasteiger partial charge in [-0.3, -0.25) is 0 Å². The molecule has 0 spiro atoms. The molecule has 1 unspecified atom stereocenters. The number of hydrogen-bond donors (Lipinski definition) is 0. The van der Waals surface area contributed by atoms with Gasteiger partial charge in [0.2, 0.25) is 0 Å². The van der Waals surface area contributed by atoms with Crippen LogP contribution in [0.15, 0.2) is 58.9 Å². The van der Waals surface area contributed by atoms with Crippen molar-refractivity contribution in [3.05, 3.63) is 54.0 Å². The average molecular weight is 244 g/mol. The van der Waals surface area contributed by atoms with E-state index in [0.29, 0.717) is 0 Å². The van der Waals surface area contributed by atoms with E-state index in [0.717, 1.165) is 12.3 Å². The maximum absolute atomic E-state index is 4.18. The van der Waals surface area contributed by atoms with Gasteiger partial charge in [0.25, 0.3) is 0 Å². The summed E-state index contributed by atoms with van der Waals surface area (Å²) in [5, 5.41) is 0. The van der Waals surface area contributed by atoms with Gasteiger partial charge in [-0.2, -0.15) is 0 Å². The second kappa shape index (κ2) is 6.70. The first-order chi connectivity index (χ1) is 8.34. The largest absolute Gasteiger partial charge is 0.0952 e. The molecule has 0 nitrogen and oxygen atoms in total. The molecule has 1 aliphatic carbocycles. The molecule has 1 aliphatic rings. The van der Waals surface area contributed by atoms with Gasteiger partial charge in [-0.1, -0.05) is 48.7 Å². The Labute approximate surface area is 109 Å². The molecule has 1 heteroatoms. The Kier molecular flexibility index (Phi) is 4.93. The molecular weight excluding hydrogens is 224 g/mol. The van der Waals surface area contributed by atoms with E-state index in [9.17, 15) is 0 Å². The highest BCUT2D eigenvalue weighted by molar-refractivity contribution is 8.03. The van der Waals surface area contributed by atoms with Crippen LogP contribution < -0.4 is 0 Å². The van der Waals surface area contributed by atoms with Crippen molar-refractivity contribution >= 4 is 11.8 Å². The quantitative estimate of drug-likeness (QED) is 0.491. The van der Waals surface area contributed by atoms with Crippen LogP contribution in [0.2, 0.25) is 0 Å². The topological polar surface area (TPSA) is 0 Å². The Bertz CT molecular complexity index is 378.